The van der Waals surface area contributed by atoms with Gasteiger partial charge in [0.25, 0.3) is 0 Å². The molecule has 8 aromatic rings. The zero-order valence-corrected chi connectivity index (χ0v) is 22.8. The van der Waals surface area contributed by atoms with Crippen molar-refractivity contribution in [2.75, 3.05) is 0 Å². The van der Waals surface area contributed by atoms with E-state index in [4.69, 9.17) is 0 Å². The van der Waals surface area contributed by atoms with E-state index in [0.717, 1.165) is 0 Å². The van der Waals surface area contributed by atoms with Crippen molar-refractivity contribution in [2.45, 2.75) is 13.8 Å². The number of aryl methyl sites for hydroxylation is 2. The van der Waals surface area contributed by atoms with Gasteiger partial charge in [-0.2, -0.15) is 0 Å². The zero-order valence-electron chi connectivity index (χ0n) is 21.2. The van der Waals surface area contributed by atoms with Gasteiger partial charge in [0.05, 0.1) is 0 Å². The number of benzene rings is 6. The van der Waals surface area contributed by atoms with Crippen molar-refractivity contribution in [1.82, 2.24) is 0 Å². The molecular formula is C36H24S2. The first-order valence-corrected chi connectivity index (χ1v) is 14.6. The summed E-state index contributed by atoms with van der Waals surface area (Å²) in [6.07, 6.45) is 0. The van der Waals surface area contributed by atoms with Gasteiger partial charge in [-0.15, -0.1) is 22.7 Å². The molecule has 0 aliphatic rings. The third kappa shape index (κ3) is 3.49. The lowest BCUT2D eigenvalue weighted by atomic mass is 9.95. The van der Waals surface area contributed by atoms with E-state index in [1.807, 2.05) is 22.7 Å². The summed E-state index contributed by atoms with van der Waals surface area (Å²) in [5.41, 5.74) is 5.20. The summed E-state index contributed by atoms with van der Waals surface area (Å²) >= 11 is 3.75. The molecule has 0 aliphatic carbocycles. The van der Waals surface area contributed by atoms with E-state index in [1.54, 1.807) is 0 Å². The summed E-state index contributed by atoms with van der Waals surface area (Å²) in [6.45, 7) is 4.32. The van der Waals surface area contributed by atoms with E-state index in [0.29, 0.717) is 0 Å². The van der Waals surface area contributed by atoms with E-state index in [9.17, 15) is 0 Å². The average molecular weight is 521 g/mol. The van der Waals surface area contributed by atoms with E-state index >= 15 is 0 Å². The number of rotatable bonds is 2. The Hall–Kier alpha value is -3.98. The van der Waals surface area contributed by atoms with E-state index < -0.39 is 0 Å². The summed E-state index contributed by atoms with van der Waals surface area (Å²) in [7, 11) is 0. The van der Waals surface area contributed by atoms with Crippen LogP contribution in [0.15, 0.2) is 109 Å². The standard InChI is InChI=1S/C36H24S2/c1-21-3-13-33-27(15-21)19-35(37-33)25-7-9-29-23(17-25)5-11-32-30-10-8-26(18-24(30)6-12-31(29)32)36-20-28-16-22(2)4-14-34(28)38-36/h3-20H,1-2H3. The van der Waals surface area contributed by atoms with Crippen LogP contribution in [0.25, 0.3) is 73.4 Å². The van der Waals surface area contributed by atoms with Crippen molar-refractivity contribution >= 4 is 75.2 Å². The minimum Gasteiger partial charge on any atom is -0.135 e. The van der Waals surface area contributed by atoms with Gasteiger partial charge < -0.3 is 0 Å². The summed E-state index contributed by atoms with van der Waals surface area (Å²) in [4.78, 5) is 2.66. The summed E-state index contributed by atoms with van der Waals surface area (Å²) < 4.78 is 2.70. The number of thiophene rings is 2. The Labute approximate surface area is 229 Å². The van der Waals surface area contributed by atoms with Gasteiger partial charge in [-0.05, 0) is 104 Å². The monoisotopic (exact) mass is 520 g/mol. The van der Waals surface area contributed by atoms with Crippen LogP contribution in [0.3, 0.4) is 0 Å². The predicted molar refractivity (Wildman–Crippen MR) is 170 cm³/mol. The largest absolute Gasteiger partial charge is 0.135 e. The van der Waals surface area contributed by atoms with Crippen molar-refractivity contribution in [3.8, 4) is 20.9 Å². The Kier molecular flexibility index (Phi) is 4.79. The molecule has 2 heteroatoms. The normalized spacial score (nSPS) is 11.9. The van der Waals surface area contributed by atoms with Crippen LogP contribution in [0.4, 0.5) is 0 Å². The first kappa shape index (κ1) is 22.0. The molecule has 2 aromatic heterocycles. The molecule has 0 atom stereocenters. The maximum absolute atomic E-state index is 2.35. The van der Waals surface area contributed by atoms with Crippen LogP contribution in [-0.4, -0.2) is 0 Å². The van der Waals surface area contributed by atoms with E-state index in [1.165, 1.54) is 84.5 Å². The molecule has 38 heavy (non-hydrogen) atoms. The van der Waals surface area contributed by atoms with Gasteiger partial charge in [0.15, 0.2) is 0 Å². The molecule has 8 rings (SSSR count). The van der Waals surface area contributed by atoms with Crippen LogP contribution in [0.2, 0.25) is 0 Å². The van der Waals surface area contributed by atoms with Gasteiger partial charge in [-0.1, -0.05) is 83.9 Å². The van der Waals surface area contributed by atoms with Gasteiger partial charge in [0.2, 0.25) is 0 Å². The van der Waals surface area contributed by atoms with Crippen molar-refractivity contribution in [2.24, 2.45) is 0 Å². The van der Waals surface area contributed by atoms with Crippen LogP contribution < -0.4 is 0 Å². The highest BCUT2D eigenvalue weighted by molar-refractivity contribution is 7.22. The maximum Gasteiger partial charge on any atom is 0.0355 e. The van der Waals surface area contributed by atoms with Gasteiger partial charge in [-0.25, -0.2) is 0 Å². The maximum atomic E-state index is 2.35. The number of hydrogen-bond donors (Lipinski definition) is 0. The molecule has 0 saturated carbocycles. The Morgan fingerprint density at radius 2 is 0.816 bits per heavy atom. The molecule has 0 aliphatic heterocycles. The number of hydrogen-bond acceptors (Lipinski definition) is 2. The van der Waals surface area contributed by atoms with Crippen LogP contribution in [0.5, 0.6) is 0 Å². The third-order valence-corrected chi connectivity index (χ3v) is 10.1. The van der Waals surface area contributed by atoms with E-state index in [2.05, 4.69) is 123 Å². The fourth-order valence-electron chi connectivity index (χ4n) is 5.80. The van der Waals surface area contributed by atoms with Crippen molar-refractivity contribution < 1.29 is 0 Å². The highest BCUT2D eigenvalue weighted by Crippen LogP contribution is 2.39. The molecule has 0 saturated heterocycles. The third-order valence-electron chi connectivity index (χ3n) is 7.75. The van der Waals surface area contributed by atoms with E-state index in [-0.39, 0.29) is 0 Å². The summed E-state index contributed by atoms with van der Waals surface area (Å²) in [6, 6.07) is 41.2. The fourth-order valence-corrected chi connectivity index (χ4v) is 7.88. The lowest BCUT2D eigenvalue weighted by Crippen LogP contribution is -1.83. The first-order chi connectivity index (χ1) is 18.6. The summed E-state index contributed by atoms with van der Waals surface area (Å²) in [5, 5.41) is 10.5. The minimum absolute atomic E-state index is 1.29. The lowest BCUT2D eigenvalue weighted by molar-refractivity contribution is 1.51. The second-order valence-corrected chi connectivity index (χ2v) is 12.6. The number of fused-ring (bicyclic) bond motifs is 7. The minimum atomic E-state index is 1.29. The SMILES string of the molecule is Cc1ccc2sc(-c3ccc4c(ccc5c6ccc(-c7cc8cc(C)ccc8s7)cc6ccc45)c3)cc2c1. The highest BCUT2D eigenvalue weighted by atomic mass is 32.1. The molecule has 2 heterocycles. The van der Waals surface area contributed by atoms with Crippen LogP contribution in [0.1, 0.15) is 11.1 Å². The Bertz CT molecular complexity index is 2050. The van der Waals surface area contributed by atoms with Crippen molar-refractivity contribution in [3.63, 3.8) is 0 Å². The van der Waals surface area contributed by atoms with Crippen LogP contribution in [-0.2, 0) is 0 Å². The molecule has 6 aromatic carbocycles. The average Bonchev–Trinajstić information content (AvgIpc) is 3.55. The highest BCUT2D eigenvalue weighted by Gasteiger charge is 2.11. The van der Waals surface area contributed by atoms with Gasteiger partial charge >= 0.3 is 0 Å². The predicted octanol–water partition coefficient (Wildman–Crippen LogP) is 11.5. The zero-order chi connectivity index (χ0) is 25.4. The second kappa shape index (κ2) is 8.26. The molecule has 0 bridgehead atoms. The topological polar surface area (TPSA) is 0 Å². The molecule has 0 amide bonds. The van der Waals surface area contributed by atoms with Gasteiger partial charge in [0, 0.05) is 19.2 Å². The smallest absolute Gasteiger partial charge is 0.0355 e. The van der Waals surface area contributed by atoms with Crippen LogP contribution in [0, 0.1) is 13.8 Å². The van der Waals surface area contributed by atoms with Crippen molar-refractivity contribution in [3.05, 3.63) is 120 Å². The molecule has 180 valence electrons. The molecule has 0 nitrogen and oxygen atoms in total. The van der Waals surface area contributed by atoms with Crippen LogP contribution >= 0.6 is 22.7 Å². The molecule has 0 unspecified atom stereocenters. The molecule has 0 fully saturated rings. The van der Waals surface area contributed by atoms with Gasteiger partial charge in [0.1, 0.15) is 0 Å². The fraction of sp³-hybridized carbons (Fsp3) is 0.0556. The molecule has 0 N–H and O–H groups in total. The lowest BCUT2D eigenvalue weighted by Gasteiger charge is -2.10. The second-order valence-electron chi connectivity index (χ2n) is 10.4. The molecular weight excluding hydrogens is 497 g/mol. The Morgan fingerprint density at radius 1 is 0.368 bits per heavy atom. The molecule has 0 spiro atoms. The van der Waals surface area contributed by atoms with Crippen molar-refractivity contribution in [1.29, 1.82) is 0 Å². The Morgan fingerprint density at radius 3 is 1.29 bits per heavy atom. The molecule has 0 radical (unpaired) electrons. The van der Waals surface area contributed by atoms with Gasteiger partial charge in [-0.3, -0.25) is 0 Å². The quantitative estimate of drug-likeness (QED) is 0.199. The summed E-state index contributed by atoms with van der Waals surface area (Å²) in [5.74, 6) is 0. The first-order valence-electron chi connectivity index (χ1n) is 13.0. The Balaban J connectivity index is 1.23.